The monoisotopic (exact) mass is 195 g/mol. The summed E-state index contributed by atoms with van der Waals surface area (Å²) in [5, 5.41) is 0. The van der Waals surface area contributed by atoms with Crippen molar-refractivity contribution in [2.45, 2.75) is 32.4 Å². The van der Waals surface area contributed by atoms with Crippen LogP contribution in [0.1, 0.15) is 36.6 Å². The number of rotatable bonds is 3. The van der Waals surface area contributed by atoms with Gasteiger partial charge in [0.25, 0.3) is 0 Å². The number of thioether (sulfide) groups is 1. The molecule has 0 fully saturated rings. The Bertz CT molecular complexity index is 281. The molecule has 1 rings (SSSR count). The standard InChI is InChI=1S/C11H17NS/c1-8(2)11-9(3)12-6-5-10(11)7-13-4/h5-6,8H,7H2,1-4H3. The summed E-state index contributed by atoms with van der Waals surface area (Å²) in [4.78, 5) is 4.33. The average Bonchev–Trinajstić information content (AvgIpc) is 2.04. The lowest BCUT2D eigenvalue weighted by molar-refractivity contribution is 0.830. The Labute approximate surface area is 85.0 Å². The quantitative estimate of drug-likeness (QED) is 0.733. The van der Waals surface area contributed by atoms with Crippen LogP contribution in [0.15, 0.2) is 12.3 Å². The van der Waals surface area contributed by atoms with Crippen molar-refractivity contribution >= 4 is 11.8 Å². The van der Waals surface area contributed by atoms with Crippen LogP contribution in [-0.4, -0.2) is 11.2 Å². The lowest BCUT2D eigenvalue weighted by Crippen LogP contribution is -2.00. The van der Waals surface area contributed by atoms with Crippen LogP contribution in [-0.2, 0) is 5.75 Å². The molecule has 0 saturated carbocycles. The molecule has 0 bridgehead atoms. The van der Waals surface area contributed by atoms with Crippen molar-refractivity contribution in [2.24, 2.45) is 0 Å². The molecule has 0 radical (unpaired) electrons. The number of pyridine rings is 1. The Morgan fingerprint density at radius 2 is 2.15 bits per heavy atom. The van der Waals surface area contributed by atoms with E-state index in [4.69, 9.17) is 0 Å². The molecular formula is C11H17NS. The van der Waals surface area contributed by atoms with E-state index in [2.05, 4.69) is 38.1 Å². The lowest BCUT2D eigenvalue weighted by atomic mass is 9.97. The van der Waals surface area contributed by atoms with Crippen molar-refractivity contribution in [1.82, 2.24) is 4.98 Å². The first-order valence-electron chi connectivity index (χ1n) is 4.60. The Morgan fingerprint density at radius 3 is 2.69 bits per heavy atom. The van der Waals surface area contributed by atoms with Gasteiger partial charge in [0.05, 0.1) is 0 Å². The fourth-order valence-corrected chi connectivity index (χ4v) is 2.26. The molecule has 0 aromatic carbocycles. The van der Waals surface area contributed by atoms with Gasteiger partial charge in [-0.3, -0.25) is 4.98 Å². The van der Waals surface area contributed by atoms with Crippen LogP contribution in [0.25, 0.3) is 0 Å². The topological polar surface area (TPSA) is 12.9 Å². The van der Waals surface area contributed by atoms with Crippen LogP contribution in [0.5, 0.6) is 0 Å². The van der Waals surface area contributed by atoms with E-state index < -0.39 is 0 Å². The van der Waals surface area contributed by atoms with Gasteiger partial charge in [-0.05, 0) is 36.3 Å². The predicted molar refractivity (Wildman–Crippen MR) is 60.3 cm³/mol. The molecular weight excluding hydrogens is 178 g/mol. The lowest BCUT2D eigenvalue weighted by Gasteiger charge is -2.13. The second-order valence-electron chi connectivity index (χ2n) is 3.56. The Balaban J connectivity index is 3.10. The van der Waals surface area contributed by atoms with Gasteiger partial charge in [-0.1, -0.05) is 13.8 Å². The summed E-state index contributed by atoms with van der Waals surface area (Å²) in [5.41, 5.74) is 4.05. The summed E-state index contributed by atoms with van der Waals surface area (Å²) in [6, 6.07) is 2.14. The van der Waals surface area contributed by atoms with Gasteiger partial charge in [0, 0.05) is 17.6 Å². The van der Waals surface area contributed by atoms with E-state index in [0.29, 0.717) is 5.92 Å². The minimum atomic E-state index is 0.579. The zero-order chi connectivity index (χ0) is 9.84. The van der Waals surface area contributed by atoms with Gasteiger partial charge < -0.3 is 0 Å². The van der Waals surface area contributed by atoms with Crippen molar-refractivity contribution in [3.63, 3.8) is 0 Å². The number of nitrogens with zero attached hydrogens (tertiary/aromatic N) is 1. The highest BCUT2D eigenvalue weighted by Gasteiger charge is 2.09. The van der Waals surface area contributed by atoms with Crippen LogP contribution in [0.2, 0.25) is 0 Å². The fraction of sp³-hybridized carbons (Fsp3) is 0.545. The van der Waals surface area contributed by atoms with Crippen LogP contribution >= 0.6 is 11.8 Å². The highest BCUT2D eigenvalue weighted by molar-refractivity contribution is 7.97. The summed E-state index contributed by atoms with van der Waals surface area (Å²) < 4.78 is 0. The molecule has 0 atom stereocenters. The molecule has 1 heterocycles. The molecule has 1 aromatic heterocycles. The normalized spacial score (nSPS) is 10.8. The van der Waals surface area contributed by atoms with Gasteiger partial charge in [0.15, 0.2) is 0 Å². The summed E-state index contributed by atoms with van der Waals surface area (Å²) >= 11 is 1.87. The number of hydrogen-bond donors (Lipinski definition) is 0. The molecule has 0 aliphatic rings. The SMILES string of the molecule is CSCc1ccnc(C)c1C(C)C. The third-order valence-corrected chi connectivity index (χ3v) is 2.76. The van der Waals surface area contributed by atoms with Crippen molar-refractivity contribution in [1.29, 1.82) is 0 Å². The molecule has 0 aliphatic heterocycles. The van der Waals surface area contributed by atoms with Crippen molar-refractivity contribution in [3.05, 3.63) is 29.1 Å². The predicted octanol–water partition coefficient (Wildman–Crippen LogP) is 3.38. The van der Waals surface area contributed by atoms with Crippen molar-refractivity contribution < 1.29 is 0 Å². The maximum atomic E-state index is 4.33. The third kappa shape index (κ3) is 2.47. The molecule has 0 N–H and O–H groups in total. The first-order valence-corrected chi connectivity index (χ1v) is 5.99. The maximum absolute atomic E-state index is 4.33. The Kier molecular flexibility index (Phi) is 3.79. The first kappa shape index (κ1) is 10.6. The summed E-state index contributed by atoms with van der Waals surface area (Å²) in [6.45, 7) is 6.56. The molecule has 2 heteroatoms. The Hall–Kier alpha value is -0.500. The van der Waals surface area contributed by atoms with E-state index in [0.717, 1.165) is 5.75 Å². The number of aromatic nitrogens is 1. The second-order valence-corrected chi connectivity index (χ2v) is 4.42. The molecule has 0 spiro atoms. The number of hydrogen-bond acceptors (Lipinski definition) is 2. The van der Waals surface area contributed by atoms with Crippen LogP contribution in [0, 0.1) is 6.92 Å². The highest BCUT2D eigenvalue weighted by Crippen LogP contribution is 2.24. The summed E-state index contributed by atoms with van der Waals surface area (Å²) in [6.07, 6.45) is 4.05. The van der Waals surface area contributed by atoms with Gasteiger partial charge in [0.1, 0.15) is 0 Å². The second kappa shape index (κ2) is 4.66. The van der Waals surface area contributed by atoms with Gasteiger partial charge in [-0.15, -0.1) is 0 Å². The van der Waals surface area contributed by atoms with Gasteiger partial charge >= 0.3 is 0 Å². The van der Waals surface area contributed by atoms with Crippen molar-refractivity contribution in [3.8, 4) is 0 Å². The molecule has 0 amide bonds. The largest absolute Gasteiger partial charge is 0.261 e. The zero-order valence-corrected chi connectivity index (χ0v) is 9.61. The van der Waals surface area contributed by atoms with E-state index in [1.165, 1.54) is 16.8 Å². The fourth-order valence-electron chi connectivity index (χ4n) is 1.70. The molecule has 1 nitrogen and oxygen atoms in total. The van der Waals surface area contributed by atoms with Crippen LogP contribution in [0.3, 0.4) is 0 Å². The van der Waals surface area contributed by atoms with Gasteiger partial charge in [-0.2, -0.15) is 11.8 Å². The Morgan fingerprint density at radius 1 is 1.46 bits per heavy atom. The molecule has 13 heavy (non-hydrogen) atoms. The first-order chi connectivity index (χ1) is 6.16. The molecule has 1 aromatic rings. The number of aryl methyl sites for hydroxylation is 1. The van der Waals surface area contributed by atoms with E-state index >= 15 is 0 Å². The minimum absolute atomic E-state index is 0.579. The van der Waals surface area contributed by atoms with E-state index in [1.54, 1.807) is 0 Å². The third-order valence-electron chi connectivity index (χ3n) is 2.16. The minimum Gasteiger partial charge on any atom is -0.261 e. The van der Waals surface area contributed by atoms with E-state index in [9.17, 15) is 0 Å². The molecule has 72 valence electrons. The van der Waals surface area contributed by atoms with Gasteiger partial charge in [0.2, 0.25) is 0 Å². The van der Waals surface area contributed by atoms with Crippen LogP contribution < -0.4 is 0 Å². The highest BCUT2D eigenvalue weighted by atomic mass is 32.2. The van der Waals surface area contributed by atoms with Crippen LogP contribution in [0.4, 0.5) is 0 Å². The zero-order valence-electron chi connectivity index (χ0n) is 8.79. The molecule has 0 saturated heterocycles. The molecule has 0 aliphatic carbocycles. The smallest absolute Gasteiger partial charge is 0.0410 e. The van der Waals surface area contributed by atoms with Crippen molar-refractivity contribution in [2.75, 3.05) is 6.26 Å². The maximum Gasteiger partial charge on any atom is 0.0410 e. The average molecular weight is 195 g/mol. The van der Waals surface area contributed by atoms with Gasteiger partial charge in [-0.25, -0.2) is 0 Å². The van der Waals surface area contributed by atoms with E-state index in [1.807, 2.05) is 18.0 Å². The van der Waals surface area contributed by atoms with E-state index in [-0.39, 0.29) is 0 Å². The molecule has 0 unspecified atom stereocenters. The summed E-state index contributed by atoms with van der Waals surface area (Å²) in [5.74, 6) is 1.67. The summed E-state index contributed by atoms with van der Waals surface area (Å²) in [7, 11) is 0.